The van der Waals surface area contributed by atoms with Crippen molar-refractivity contribution in [1.82, 2.24) is 20.2 Å². The van der Waals surface area contributed by atoms with Crippen LogP contribution in [0.5, 0.6) is 0 Å². The fourth-order valence-corrected chi connectivity index (χ4v) is 4.58. The summed E-state index contributed by atoms with van der Waals surface area (Å²) in [5, 5.41) is 6.65. The van der Waals surface area contributed by atoms with Gasteiger partial charge in [0.2, 0.25) is 5.95 Å². The Morgan fingerprint density at radius 1 is 1.00 bits per heavy atom. The Balaban J connectivity index is 1.95. The van der Waals surface area contributed by atoms with Crippen LogP contribution in [-0.2, 0) is 10.0 Å². The molecule has 1 aliphatic rings. The fraction of sp³-hybridized carbons (Fsp3) is 0.533. The lowest BCUT2D eigenvalue weighted by atomic mass is 10.3. The molecule has 8 nitrogen and oxygen atoms in total. The summed E-state index contributed by atoms with van der Waals surface area (Å²) >= 11 is 0. The lowest BCUT2D eigenvalue weighted by Gasteiger charge is -2.19. The monoisotopic (exact) mass is 350 g/mol. The second-order valence-electron chi connectivity index (χ2n) is 6.13. The van der Waals surface area contributed by atoms with Crippen LogP contribution in [0.3, 0.4) is 0 Å². The number of hydrogen-bond acceptors (Lipinski definition) is 6. The maximum Gasteiger partial charge on any atom is 0.265 e. The van der Waals surface area contributed by atoms with Crippen molar-refractivity contribution >= 4 is 21.7 Å². The van der Waals surface area contributed by atoms with E-state index in [-0.39, 0.29) is 4.90 Å². The van der Waals surface area contributed by atoms with Crippen molar-refractivity contribution in [3.8, 4) is 0 Å². The first kappa shape index (κ1) is 16.7. The minimum atomic E-state index is -3.75. The maximum atomic E-state index is 12.7. The van der Waals surface area contributed by atoms with Crippen LogP contribution in [-0.4, -0.2) is 41.7 Å². The molecular formula is C15H22N6O2S. The van der Waals surface area contributed by atoms with Crippen molar-refractivity contribution in [3.05, 3.63) is 22.8 Å². The third-order valence-corrected chi connectivity index (χ3v) is 5.83. The fourth-order valence-electron chi connectivity index (χ4n) is 3.03. The molecule has 0 atom stereocenters. The number of aryl methyl sites for hydroxylation is 4. The van der Waals surface area contributed by atoms with E-state index >= 15 is 0 Å². The van der Waals surface area contributed by atoms with Gasteiger partial charge in [-0.3, -0.25) is 9.82 Å². The van der Waals surface area contributed by atoms with Crippen molar-refractivity contribution in [2.75, 3.05) is 22.7 Å². The van der Waals surface area contributed by atoms with E-state index in [0.717, 1.165) is 25.9 Å². The zero-order valence-corrected chi connectivity index (χ0v) is 15.2. The van der Waals surface area contributed by atoms with Gasteiger partial charge in [-0.25, -0.2) is 18.4 Å². The summed E-state index contributed by atoms with van der Waals surface area (Å²) in [6, 6.07) is 0. The van der Waals surface area contributed by atoms with Gasteiger partial charge in [0.25, 0.3) is 10.0 Å². The molecule has 2 aromatic rings. The third kappa shape index (κ3) is 2.95. The molecule has 1 aliphatic heterocycles. The van der Waals surface area contributed by atoms with Crippen LogP contribution in [0.2, 0.25) is 0 Å². The number of sulfonamides is 1. The second-order valence-corrected chi connectivity index (χ2v) is 7.75. The van der Waals surface area contributed by atoms with Crippen molar-refractivity contribution in [2.24, 2.45) is 0 Å². The number of anilines is 2. The number of hydrogen-bond donors (Lipinski definition) is 2. The first-order chi connectivity index (χ1) is 11.3. The zero-order valence-electron chi connectivity index (χ0n) is 14.3. The molecule has 1 saturated heterocycles. The first-order valence-electron chi connectivity index (χ1n) is 7.94. The van der Waals surface area contributed by atoms with E-state index in [4.69, 9.17) is 0 Å². The average Bonchev–Trinajstić information content (AvgIpc) is 3.13. The summed E-state index contributed by atoms with van der Waals surface area (Å²) < 4.78 is 28.1. The second kappa shape index (κ2) is 6.04. The van der Waals surface area contributed by atoms with Gasteiger partial charge in [-0.2, -0.15) is 5.10 Å². The van der Waals surface area contributed by atoms with Crippen molar-refractivity contribution in [3.63, 3.8) is 0 Å². The molecule has 3 rings (SSSR count). The van der Waals surface area contributed by atoms with E-state index in [2.05, 4.69) is 29.8 Å². The van der Waals surface area contributed by atoms with Crippen molar-refractivity contribution < 1.29 is 8.42 Å². The molecule has 0 spiro atoms. The highest BCUT2D eigenvalue weighted by atomic mass is 32.2. The molecule has 3 heterocycles. The van der Waals surface area contributed by atoms with Crippen LogP contribution in [0.4, 0.5) is 11.6 Å². The van der Waals surface area contributed by atoms with Gasteiger partial charge in [0, 0.05) is 13.1 Å². The molecule has 130 valence electrons. The van der Waals surface area contributed by atoms with Gasteiger partial charge in [0.05, 0.1) is 28.5 Å². The molecule has 0 saturated carbocycles. The normalized spacial score (nSPS) is 15.1. The molecule has 0 bridgehead atoms. The number of nitrogens with zero attached hydrogens (tertiary/aromatic N) is 4. The van der Waals surface area contributed by atoms with Crippen LogP contribution in [0.15, 0.2) is 4.90 Å². The van der Waals surface area contributed by atoms with Gasteiger partial charge < -0.3 is 4.90 Å². The SMILES string of the molecule is Cc1nc(N2CCCC2)nc(C)c1NS(=O)(=O)c1c(C)n[nH]c1C. The topological polar surface area (TPSA) is 104 Å². The van der Waals surface area contributed by atoms with Crippen LogP contribution >= 0.6 is 0 Å². The Hall–Kier alpha value is -2.16. The molecule has 24 heavy (non-hydrogen) atoms. The largest absolute Gasteiger partial charge is 0.341 e. The summed E-state index contributed by atoms with van der Waals surface area (Å²) in [4.78, 5) is 11.3. The molecule has 1 fully saturated rings. The van der Waals surface area contributed by atoms with Crippen LogP contribution in [0.25, 0.3) is 0 Å². The van der Waals surface area contributed by atoms with Gasteiger partial charge in [0.1, 0.15) is 4.90 Å². The maximum absolute atomic E-state index is 12.7. The van der Waals surface area contributed by atoms with Crippen molar-refractivity contribution in [2.45, 2.75) is 45.4 Å². The number of nitrogens with one attached hydrogen (secondary N) is 2. The molecular weight excluding hydrogens is 328 g/mol. The smallest absolute Gasteiger partial charge is 0.265 e. The van der Waals surface area contributed by atoms with Gasteiger partial charge in [0.15, 0.2) is 0 Å². The van der Waals surface area contributed by atoms with E-state index < -0.39 is 10.0 Å². The quantitative estimate of drug-likeness (QED) is 0.872. The number of aromatic amines is 1. The van der Waals surface area contributed by atoms with Gasteiger partial charge >= 0.3 is 0 Å². The lowest BCUT2D eigenvalue weighted by Crippen LogP contribution is -2.23. The lowest BCUT2D eigenvalue weighted by molar-refractivity contribution is 0.600. The average molecular weight is 350 g/mol. The highest BCUT2D eigenvalue weighted by molar-refractivity contribution is 7.92. The standard InChI is InChI=1S/C15H22N6O2S/c1-9-13(10(2)17-15(16-9)21-7-5-6-8-21)20-24(22,23)14-11(3)18-19-12(14)4/h20H,5-8H2,1-4H3,(H,18,19). The number of rotatable bonds is 4. The Morgan fingerprint density at radius 3 is 2.08 bits per heavy atom. The molecule has 0 aliphatic carbocycles. The number of aromatic nitrogens is 4. The molecule has 9 heteroatoms. The van der Waals surface area contributed by atoms with E-state index in [1.54, 1.807) is 27.7 Å². The zero-order chi connectivity index (χ0) is 17.5. The molecule has 0 unspecified atom stereocenters. The summed E-state index contributed by atoms with van der Waals surface area (Å²) in [5.41, 5.74) is 2.60. The minimum absolute atomic E-state index is 0.171. The minimum Gasteiger partial charge on any atom is -0.341 e. The predicted molar refractivity (Wildman–Crippen MR) is 91.8 cm³/mol. The van der Waals surface area contributed by atoms with Gasteiger partial charge in [-0.05, 0) is 40.5 Å². The summed E-state index contributed by atoms with van der Waals surface area (Å²) in [6.07, 6.45) is 2.27. The third-order valence-electron chi connectivity index (χ3n) is 4.21. The Morgan fingerprint density at radius 2 is 1.58 bits per heavy atom. The van der Waals surface area contributed by atoms with E-state index in [0.29, 0.717) is 34.4 Å². The number of H-pyrrole nitrogens is 1. The molecule has 0 radical (unpaired) electrons. The van der Waals surface area contributed by atoms with E-state index in [1.165, 1.54) is 0 Å². The summed E-state index contributed by atoms with van der Waals surface area (Å²) in [6.45, 7) is 8.81. The Labute approximate surface area is 141 Å². The van der Waals surface area contributed by atoms with Crippen LogP contribution < -0.4 is 9.62 Å². The summed E-state index contributed by atoms with van der Waals surface area (Å²) in [5.74, 6) is 0.668. The summed E-state index contributed by atoms with van der Waals surface area (Å²) in [7, 11) is -3.75. The predicted octanol–water partition coefficient (Wildman–Crippen LogP) is 1.83. The Bertz CT molecular complexity index is 826. The Kier molecular flexibility index (Phi) is 4.20. The van der Waals surface area contributed by atoms with E-state index in [9.17, 15) is 8.42 Å². The molecule has 0 aromatic carbocycles. The highest BCUT2D eigenvalue weighted by Gasteiger charge is 2.25. The highest BCUT2D eigenvalue weighted by Crippen LogP contribution is 2.26. The van der Waals surface area contributed by atoms with E-state index in [1.807, 2.05) is 0 Å². The van der Waals surface area contributed by atoms with Crippen LogP contribution in [0.1, 0.15) is 35.6 Å². The van der Waals surface area contributed by atoms with Crippen molar-refractivity contribution in [1.29, 1.82) is 0 Å². The molecule has 0 amide bonds. The van der Waals surface area contributed by atoms with Gasteiger partial charge in [-0.1, -0.05) is 0 Å². The molecule has 2 aromatic heterocycles. The van der Waals surface area contributed by atoms with Gasteiger partial charge in [-0.15, -0.1) is 0 Å². The van der Waals surface area contributed by atoms with Crippen LogP contribution in [0, 0.1) is 27.7 Å². The first-order valence-corrected chi connectivity index (χ1v) is 9.42. The molecule has 2 N–H and O–H groups in total.